The van der Waals surface area contributed by atoms with Gasteiger partial charge in [-0.05, 0) is 47.5 Å². The topological polar surface area (TPSA) is 29.4 Å². The van der Waals surface area contributed by atoms with E-state index in [1.165, 1.54) is 23.5 Å². The van der Waals surface area contributed by atoms with Crippen LogP contribution in [-0.4, -0.2) is 9.49 Å². The van der Waals surface area contributed by atoms with Crippen molar-refractivity contribution in [2.75, 3.05) is 0 Å². The lowest BCUT2D eigenvalue weighted by Gasteiger charge is -2.02. The van der Waals surface area contributed by atoms with E-state index in [1.54, 1.807) is 0 Å². The zero-order chi connectivity index (χ0) is 17.6. The van der Waals surface area contributed by atoms with E-state index < -0.39 is 0 Å². The van der Waals surface area contributed by atoms with Gasteiger partial charge in [0.1, 0.15) is 10.1 Å². The van der Waals surface area contributed by atoms with Crippen molar-refractivity contribution in [3.8, 4) is 0 Å². The summed E-state index contributed by atoms with van der Waals surface area (Å²) < 4.78 is 0.767. The van der Waals surface area contributed by atoms with Gasteiger partial charge in [-0.1, -0.05) is 78.0 Å². The highest BCUT2D eigenvalue weighted by molar-refractivity contribution is 8.45. The summed E-state index contributed by atoms with van der Waals surface area (Å²) in [6.45, 7) is 1.97. The molecule has 0 radical (unpaired) electrons. The molecule has 0 fully saturated rings. The first-order valence-corrected chi connectivity index (χ1v) is 9.92. The van der Waals surface area contributed by atoms with Crippen molar-refractivity contribution in [3.63, 3.8) is 0 Å². The van der Waals surface area contributed by atoms with Crippen LogP contribution in [0, 0.1) is 0 Å². The van der Waals surface area contributed by atoms with Gasteiger partial charge in [0.2, 0.25) is 5.12 Å². The Morgan fingerprint density at radius 2 is 1.88 bits per heavy atom. The Hall–Kier alpha value is -1.75. The molecule has 1 heterocycles. The number of aliphatic imine (C=N–C) groups is 1. The molecule has 0 amide bonds. The summed E-state index contributed by atoms with van der Waals surface area (Å²) in [5.74, 6) is 0.699. The van der Waals surface area contributed by atoms with Crippen LogP contribution in [0.4, 0.5) is 0 Å². The zero-order valence-corrected chi connectivity index (χ0v) is 16.0. The molecule has 2 aromatic carbocycles. The van der Waals surface area contributed by atoms with Gasteiger partial charge < -0.3 is 0 Å². The number of carbonyl (C=O) groups is 1. The van der Waals surface area contributed by atoms with Crippen LogP contribution in [0.25, 0.3) is 6.08 Å². The van der Waals surface area contributed by atoms with E-state index in [9.17, 15) is 4.79 Å². The number of nitrogens with zero attached hydrogens (tertiary/aromatic N) is 1. The molecule has 5 heteroatoms. The van der Waals surface area contributed by atoms with Gasteiger partial charge in [-0.25, -0.2) is 4.99 Å². The maximum Gasteiger partial charge on any atom is 0.244 e. The molecule has 2 nitrogen and oxygen atoms in total. The first-order chi connectivity index (χ1) is 12.1. The monoisotopic (exact) mass is 385 g/mol. The standard InChI is InChI=1S/C20H16ClNOS2/c1-14(11-15-7-3-2-4-8-15)12-18-19(23)25-20(22-18)24-13-16-9-5-6-10-17(16)21/h2-12H,13H2,1H3/b14-11+,18-12-. The van der Waals surface area contributed by atoms with Crippen LogP contribution < -0.4 is 0 Å². The fraction of sp³-hybridized carbons (Fsp3) is 0.100. The Morgan fingerprint density at radius 3 is 2.64 bits per heavy atom. The normalized spacial score (nSPS) is 16.4. The molecule has 126 valence electrons. The van der Waals surface area contributed by atoms with Crippen LogP contribution in [0.1, 0.15) is 18.1 Å². The first kappa shape index (κ1) is 18.1. The molecule has 0 saturated heterocycles. The molecule has 0 saturated carbocycles. The molecule has 3 rings (SSSR count). The van der Waals surface area contributed by atoms with Crippen molar-refractivity contribution in [3.05, 3.63) is 88.1 Å². The third-order valence-corrected chi connectivity index (χ3v) is 5.89. The number of rotatable bonds is 4. The lowest BCUT2D eigenvalue weighted by atomic mass is 10.1. The molecule has 1 aliphatic rings. The zero-order valence-electron chi connectivity index (χ0n) is 13.6. The maximum atomic E-state index is 12.2. The van der Waals surface area contributed by atoms with Gasteiger partial charge >= 0.3 is 0 Å². The lowest BCUT2D eigenvalue weighted by molar-refractivity contribution is -0.107. The van der Waals surface area contributed by atoms with Crippen molar-refractivity contribution in [2.45, 2.75) is 12.7 Å². The summed E-state index contributed by atoms with van der Waals surface area (Å²) >= 11 is 8.89. The number of thioether (sulfide) groups is 2. The second-order valence-electron chi connectivity index (χ2n) is 5.48. The maximum absolute atomic E-state index is 12.2. The van der Waals surface area contributed by atoms with E-state index in [1.807, 2.05) is 73.7 Å². The smallest absolute Gasteiger partial charge is 0.244 e. The van der Waals surface area contributed by atoms with Gasteiger partial charge in [0.15, 0.2) is 0 Å². The highest BCUT2D eigenvalue weighted by Gasteiger charge is 2.22. The van der Waals surface area contributed by atoms with E-state index in [0.29, 0.717) is 11.4 Å². The molecule has 25 heavy (non-hydrogen) atoms. The lowest BCUT2D eigenvalue weighted by Crippen LogP contribution is -1.89. The minimum absolute atomic E-state index is 0.0116. The first-order valence-electron chi connectivity index (χ1n) is 7.74. The number of hydrogen-bond donors (Lipinski definition) is 0. The van der Waals surface area contributed by atoms with E-state index in [4.69, 9.17) is 11.6 Å². The van der Waals surface area contributed by atoms with E-state index in [-0.39, 0.29) is 5.12 Å². The summed E-state index contributed by atoms with van der Waals surface area (Å²) in [4.78, 5) is 16.6. The van der Waals surface area contributed by atoms with Gasteiger partial charge in [-0.15, -0.1) is 0 Å². The van der Waals surface area contributed by atoms with E-state index >= 15 is 0 Å². The highest BCUT2D eigenvalue weighted by atomic mass is 35.5. The number of halogens is 1. The number of hydrogen-bond acceptors (Lipinski definition) is 4. The van der Waals surface area contributed by atoms with Gasteiger partial charge in [0, 0.05) is 10.8 Å². The van der Waals surface area contributed by atoms with Crippen molar-refractivity contribution in [1.82, 2.24) is 0 Å². The van der Waals surface area contributed by atoms with Crippen molar-refractivity contribution < 1.29 is 4.79 Å². The molecular formula is C20H16ClNOS2. The highest BCUT2D eigenvalue weighted by Crippen LogP contribution is 2.33. The Balaban J connectivity index is 1.69. The second kappa shape index (κ2) is 8.56. The quantitative estimate of drug-likeness (QED) is 0.587. The number of benzene rings is 2. The van der Waals surface area contributed by atoms with Crippen molar-refractivity contribution in [1.29, 1.82) is 0 Å². The molecule has 0 spiro atoms. The van der Waals surface area contributed by atoms with Crippen LogP contribution in [-0.2, 0) is 10.5 Å². The van der Waals surface area contributed by atoms with Crippen LogP contribution in [0.2, 0.25) is 5.02 Å². The molecule has 0 aromatic heterocycles. The van der Waals surface area contributed by atoms with Gasteiger partial charge in [0.25, 0.3) is 0 Å². The summed E-state index contributed by atoms with van der Waals surface area (Å²) in [6, 6.07) is 17.7. The third kappa shape index (κ3) is 5.11. The van der Waals surface area contributed by atoms with Gasteiger partial charge in [-0.3, -0.25) is 4.79 Å². The Bertz CT molecular complexity index is 872. The predicted molar refractivity (Wildman–Crippen MR) is 111 cm³/mol. The van der Waals surface area contributed by atoms with Crippen LogP contribution in [0.15, 0.2) is 76.9 Å². The molecule has 0 N–H and O–H groups in total. The summed E-state index contributed by atoms with van der Waals surface area (Å²) in [5.41, 5.74) is 3.64. The average molecular weight is 386 g/mol. The minimum atomic E-state index is -0.0116. The molecule has 0 unspecified atom stereocenters. The fourth-order valence-electron chi connectivity index (χ4n) is 2.28. The van der Waals surface area contributed by atoms with Gasteiger partial charge in [0.05, 0.1) is 0 Å². The number of carbonyl (C=O) groups excluding carboxylic acids is 1. The minimum Gasteiger partial charge on any atom is -0.279 e. The summed E-state index contributed by atoms with van der Waals surface area (Å²) in [6.07, 6.45) is 3.88. The largest absolute Gasteiger partial charge is 0.279 e. The molecule has 1 aliphatic heterocycles. The van der Waals surface area contributed by atoms with E-state index in [0.717, 1.165) is 26.1 Å². The Kier molecular flexibility index (Phi) is 6.19. The van der Waals surface area contributed by atoms with E-state index in [2.05, 4.69) is 4.99 Å². The third-order valence-electron chi connectivity index (χ3n) is 3.47. The number of allylic oxidation sites excluding steroid dienone is 2. The molecule has 0 aliphatic carbocycles. The molecular weight excluding hydrogens is 370 g/mol. The van der Waals surface area contributed by atoms with Crippen LogP contribution >= 0.6 is 35.1 Å². The summed E-state index contributed by atoms with van der Waals surface area (Å²) in [7, 11) is 0. The molecule has 0 atom stereocenters. The molecule has 0 bridgehead atoms. The van der Waals surface area contributed by atoms with Crippen molar-refractivity contribution >= 4 is 50.7 Å². The Labute approximate surface area is 161 Å². The predicted octanol–water partition coefficient (Wildman–Crippen LogP) is 6.19. The SMILES string of the molecule is CC(/C=C1\N=C(SCc2ccccc2Cl)SC1=O)=C\c1ccccc1. The second-order valence-corrected chi connectivity index (χ2v) is 8.07. The summed E-state index contributed by atoms with van der Waals surface area (Å²) in [5, 5.41) is 0.727. The van der Waals surface area contributed by atoms with Crippen LogP contribution in [0.3, 0.4) is 0 Å². The van der Waals surface area contributed by atoms with Crippen LogP contribution in [0.5, 0.6) is 0 Å². The molecule has 2 aromatic rings. The fourth-order valence-corrected chi connectivity index (χ4v) is 4.40. The van der Waals surface area contributed by atoms with Gasteiger partial charge in [-0.2, -0.15) is 0 Å². The van der Waals surface area contributed by atoms with Crippen molar-refractivity contribution in [2.24, 2.45) is 4.99 Å². The Morgan fingerprint density at radius 1 is 1.16 bits per heavy atom. The average Bonchev–Trinajstić information content (AvgIpc) is 2.94.